The van der Waals surface area contributed by atoms with Gasteiger partial charge in [-0.25, -0.2) is 0 Å². The van der Waals surface area contributed by atoms with Crippen LogP contribution in [-0.4, -0.2) is 34.2 Å². The highest BCUT2D eigenvalue weighted by Crippen LogP contribution is 2.37. The van der Waals surface area contributed by atoms with Gasteiger partial charge in [-0.1, -0.05) is 6.92 Å². The molecule has 1 aromatic heterocycles. The van der Waals surface area contributed by atoms with Crippen molar-refractivity contribution in [1.29, 1.82) is 0 Å². The van der Waals surface area contributed by atoms with Crippen LogP contribution in [0.1, 0.15) is 45.3 Å². The average Bonchev–Trinajstić information content (AvgIpc) is 2.97. The molecule has 18 heavy (non-hydrogen) atoms. The minimum absolute atomic E-state index is 0.108. The summed E-state index contributed by atoms with van der Waals surface area (Å²) in [7, 11) is 0. The molecule has 1 aliphatic heterocycles. The molecule has 0 radical (unpaired) electrons. The molecule has 102 valence electrons. The molecule has 0 aromatic carbocycles. The lowest BCUT2D eigenvalue weighted by atomic mass is 9.78. The van der Waals surface area contributed by atoms with Gasteiger partial charge in [-0.2, -0.15) is 5.10 Å². The molecular formula is C14H24N2O2. The Hall–Kier alpha value is -0.870. The number of aliphatic hydroxyl groups is 1. The Kier molecular flexibility index (Phi) is 4.07. The first kappa shape index (κ1) is 13.6. The zero-order valence-electron chi connectivity index (χ0n) is 11.6. The first-order chi connectivity index (χ1) is 8.61. The third kappa shape index (κ3) is 2.45. The summed E-state index contributed by atoms with van der Waals surface area (Å²) < 4.78 is 7.63. The molecule has 1 fully saturated rings. The topological polar surface area (TPSA) is 47.3 Å². The van der Waals surface area contributed by atoms with Crippen molar-refractivity contribution in [2.24, 2.45) is 5.41 Å². The second-order valence-corrected chi connectivity index (χ2v) is 5.50. The second kappa shape index (κ2) is 5.41. The Morgan fingerprint density at radius 2 is 2.44 bits per heavy atom. The number of hydrogen-bond acceptors (Lipinski definition) is 3. The van der Waals surface area contributed by atoms with Gasteiger partial charge < -0.3 is 9.84 Å². The molecule has 1 saturated heterocycles. The van der Waals surface area contributed by atoms with E-state index in [1.165, 1.54) is 0 Å². The first-order valence-electron chi connectivity index (χ1n) is 6.88. The first-order valence-corrected chi connectivity index (χ1v) is 6.88. The molecule has 2 heterocycles. The van der Waals surface area contributed by atoms with Gasteiger partial charge in [0, 0.05) is 30.7 Å². The lowest BCUT2D eigenvalue weighted by molar-refractivity contribution is 0.0265. The van der Waals surface area contributed by atoms with Crippen molar-refractivity contribution >= 4 is 0 Å². The summed E-state index contributed by atoms with van der Waals surface area (Å²) in [4.78, 5) is 0. The van der Waals surface area contributed by atoms with Crippen molar-refractivity contribution < 1.29 is 9.84 Å². The van der Waals surface area contributed by atoms with Gasteiger partial charge in [0.15, 0.2) is 0 Å². The highest BCUT2D eigenvalue weighted by molar-refractivity contribution is 5.06. The van der Waals surface area contributed by atoms with Gasteiger partial charge in [0.1, 0.15) is 0 Å². The van der Waals surface area contributed by atoms with Gasteiger partial charge in [0.25, 0.3) is 0 Å². The molecule has 3 unspecified atom stereocenters. The molecule has 0 aliphatic carbocycles. The van der Waals surface area contributed by atoms with Gasteiger partial charge in [0.05, 0.1) is 18.4 Å². The maximum atomic E-state index is 9.70. The lowest BCUT2D eigenvalue weighted by Crippen LogP contribution is -2.35. The Labute approximate surface area is 109 Å². The van der Waals surface area contributed by atoms with Crippen molar-refractivity contribution in [3.8, 4) is 0 Å². The molecule has 1 N–H and O–H groups in total. The monoisotopic (exact) mass is 252 g/mol. The molecule has 1 aromatic rings. The highest BCUT2D eigenvalue weighted by Gasteiger charge is 2.41. The Morgan fingerprint density at radius 3 is 3.00 bits per heavy atom. The molecule has 4 nitrogen and oxygen atoms in total. The van der Waals surface area contributed by atoms with Gasteiger partial charge in [0.2, 0.25) is 0 Å². The quantitative estimate of drug-likeness (QED) is 0.873. The van der Waals surface area contributed by atoms with Crippen LogP contribution in [0.25, 0.3) is 0 Å². The molecule has 0 amide bonds. The number of ether oxygens (including phenoxy) is 1. The summed E-state index contributed by atoms with van der Waals surface area (Å²) in [5.74, 6) is 0. The van der Waals surface area contributed by atoms with E-state index in [1.807, 2.05) is 10.9 Å². The van der Waals surface area contributed by atoms with Gasteiger partial charge in [-0.3, -0.25) is 4.68 Å². The predicted octanol–water partition coefficient (Wildman–Crippen LogP) is 2.18. The maximum Gasteiger partial charge on any atom is 0.0632 e. The molecular weight excluding hydrogens is 228 g/mol. The fourth-order valence-electron chi connectivity index (χ4n) is 2.58. The Balaban J connectivity index is 2.10. The van der Waals surface area contributed by atoms with Crippen LogP contribution in [-0.2, 0) is 11.2 Å². The van der Waals surface area contributed by atoms with Crippen LogP contribution in [0.5, 0.6) is 0 Å². The van der Waals surface area contributed by atoms with Crippen LogP contribution in [0.3, 0.4) is 0 Å². The minimum atomic E-state index is -0.144. The fraction of sp³-hybridized carbons (Fsp3) is 0.786. The second-order valence-electron chi connectivity index (χ2n) is 5.50. The molecule has 3 atom stereocenters. The van der Waals surface area contributed by atoms with E-state index in [-0.39, 0.29) is 18.1 Å². The average molecular weight is 252 g/mol. The zero-order valence-corrected chi connectivity index (χ0v) is 11.6. The van der Waals surface area contributed by atoms with Crippen LogP contribution in [0, 0.1) is 5.41 Å². The SMILES string of the molecule is CCC(C)n1ccc(CC2(CO)CCOC2C)n1. The van der Waals surface area contributed by atoms with E-state index >= 15 is 0 Å². The molecule has 1 aliphatic rings. The van der Waals surface area contributed by atoms with Crippen molar-refractivity contribution in [2.45, 2.75) is 52.2 Å². The molecule has 0 bridgehead atoms. The van der Waals surface area contributed by atoms with Crippen molar-refractivity contribution in [1.82, 2.24) is 9.78 Å². The normalized spacial score (nSPS) is 29.7. The summed E-state index contributed by atoms with van der Waals surface area (Å²) in [6.07, 6.45) is 4.94. The Bertz CT molecular complexity index is 391. The van der Waals surface area contributed by atoms with Gasteiger partial charge >= 0.3 is 0 Å². The van der Waals surface area contributed by atoms with Crippen LogP contribution in [0.15, 0.2) is 12.3 Å². The summed E-state index contributed by atoms with van der Waals surface area (Å²) >= 11 is 0. The van der Waals surface area contributed by atoms with E-state index in [9.17, 15) is 5.11 Å². The van der Waals surface area contributed by atoms with Gasteiger partial charge in [-0.15, -0.1) is 0 Å². The number of nitrogens with zero attached hydrogens (tertiary/aromatic N) is 2. The molecule has 4 heteroatoms. The standard InChI is InChI=1S/C14H24N2O2/c1-4-11(2)16-7-5-13(15-16)9-14(10-17)6-8-18-12(14)3/h5,7,11-12,17H,4,6,8-10H2,1-3H3. The number of rotatable bonds is 5. The van der Waals surface area contributed by atoms with Crippen molar-refractivity contribution in [3.63, 3.8) is 0 Å². The predicted molar refractivity (Wildman–Crippen MR) is 70.5 cm³/mol. The summed E-state index contributed by atoms with van der Waals surface area (Å²) in [5, 5.41) is 14.3. The summed E-state index contributed by atoms with van der Waals surface area (Å²) in [5.41, 5.74) is 0.913. The Morgan fingerprint density at radius 1 is 1.67 bits per heavy atom. The number of hydrogen-bond donors (Lipinski definition) is 1. The zero-order chi connectivity index (χ0) is 13.2. The van der Waals surface area contributed by atoms with Crippen LogP contribution in [0.4, 0.5) is 0 Å². The lowest BCUT2D eigenvalue weighted by Gasteiger charge is -2.29. The van der Waals surface area contributed by atoms with Crippen LogP contribution < -0.4 is 0 Å². The van der Waals surface area contributed by atoms with Crippen molar-refractivity contribution in [3.05, 3.63) is 18.0 Å². The molecule has 0 spiro atoms. The van der Waals surface area contributed by atoms with E-state index in [0.29, 0.717) is 6.04 Å². The maximum absolute atomic E-state index is 9.70. The highest BCUT2D eigenvalue weighted by atomic mass is 16.5. The van der Waals surface area contributed by atoms with Crippen LogP contribution >= 0.6 is 0 Å². The third-order valence-corrected chi connectivity index (χ3v) is 4.38. The fourth-order valence-corrected chi connectivity index (χ4v) is 2.58. The van der Waals surface area contributed by atoms with E-state index < -0.39 is 0 Å². The van der Waals surface area contributed by atoms with Gasteiger partial charge in [-0.05, 0) is 32.8 Å². The van der Waals surface area contributed by atoms with Crippen LogP contribution in [0.2, 0.25) is 0 Å². The number of aliphatic hydroxyl groups excluding tert-OH is 1. The minimum Gasteiger partial charge on any atom is -0.396 e. The van der Waals surface area contributed by atoms with E-state index in [1.54, 1.807) is 0 Å². The third-order valence-electron chi connectivity index (χ3n) is 4.38. The number of aromatic nitrogens is 2. The summed E-state index contributed by atoms with van der Waals surface area (Å²) in [6.45, 7) is 7.29. The van der Waals surface area contributed by atoms with Crippen molar-refractivity contribution in [2.75, 3.05) is 13.2 Å². The smallest absolute Gasteiger partial charge is 0.0632 e. The van der Waals surface area contributed by atoms with E-state index in [2.05, 4.69) is 31.9 Å². The summed E-state index contributed by atoms with van der Waals surface area (Å²) in [6, 6.07) is 2.50. The largest absolute Gasteiger partial charge is 0.396 e. The van der Waals surface area contributed by atoms with E-state index in [4.69, 9.17) is 4.74 Å². The molecule has 0 saturated carbocycles. The molecule has 2 rings (SSSR count). The van der Waals surface area contributed by atoms with E-state index in [0.717, 1.165) is 31.6 Å².